The lowest BCUT2D eigenvalue weighted by Gasteiger charge is -2.30. The summed E-state index contributed by atoms with van der Waals surface area (Å²) in [6.07, 6.45) is -0.636. The lowest BCUT2D eigenvalue weighted by atomic mass is 10.1. The smallest absolute Gasteiger partial charge is 0.410 e. The van der Waals surface area contributed by atoms with Gasteiger partial charge in [-0.1, -0.05) is 17.3 Å². The first-order chi connectivity index (χ1) is 9.65. The molecule has 0 saturated carbocycles. The standard InChI is InChI=1S/C14H20FN3O3/c1-14(2,3)21-13(19)18(4)11(12(16)17-20)9-5-7-10(15)8-6-9/h5-8,11,20H,1-4H3,(H2,16,17). The van der Waals surface area contributed by atoms with Gasteiger partial charge in [-0.15, -0.1) is 0 Å². The monoisotopic (exact) mass is 297 g/mol. The molecule has 1 aromatic rings. The van der Waals surface area contributed by atoms with Crippen LogP contribution in [0.3, 0.4) is 0 Å². The van der Waals surface area contributed by atoms with Crippen LogP contribution >= 0.6 is 0 Å². The predicted molar refractivity (Wildman–Crippen MR) is 76.5 cm³/mol. The van der Waals surface area contributed by atoms with E-state index in [2.05, 4.69) is 5.16 Å². The van der Waals surface area contributed by atoms with E-state index < -0.39 is 23.6 Å². The predicted octanol–water partition coefficient (Wildman–Crippen LogP) is 2.48. The molecule has 0 heterocycles. The first-order valence-electron chi connectivity index (χ1n) is 6.34. The quantitative estimate of drug-likeness (QED) is 0.388. The van der Waals surface area contributed by atoms with E-state index in [4.69, 9.17) is 15.7 Å². The molecule has 1 rings (SSSR count). The van der Waals surface area contributed by atoms with E-state index in [1.807, 2.05) is 0 Å². The van der Waals surface area contributed by atoms with Gasteiger partial charge >= 0.3 is 6.09 Å². The van der Waals surface area contributed by atoms with Crippen molar-refractivity contribution in [3.63, 3.8) is 0 Å². The molecular formula is C14H20FN3O3. The van der Waals surface area contributed by atoms with Gasteiger partial charge in [0.2, 0.25) is 0 Å². The van der Waals surface area contributed by atoms with Crippen LogP contribution in [0.25, 0.3) is 0 Å². The third-order valence-corrected chi connectivity index (χ3v) is 2.65. The summed E-state index contributed by atoms with van der Waals surface area (Å²) in [5.41, 5.74) is 5.47. The molecule has 0 bridgehead atoms. The van der Waals surface area contributed by atoms with Crippen molar-refractivity contribution < 1.29 is 19.1 Å². The normalized spacial score (nSPS) is 13.7. The Hall–Kier alpha value is -2.31. The molecule has 6 nitrogen and oxygen atoms in total. The Balaban J connectivity index is 3.08. The Morgan fingerprint density at radius 3 is 2.33 bits per heavy atom. The number of benzene rings is 1. The van der Waals surface area contributed by atoms with Crippen molar-refractivity contribution in [2.75, 3.05) is 7.05 Å². The first kappa shape index (κ1) is 16.7. The van der Waals surface area contributed by atoms with Crippen molar-refractivity contribution in [1.29, 1.82) is 0 Å². The fraction of sp³-hybridized carbons (Fsp3) is 0.429. The number of nitrogens with two attached hydrogens (primary N) is 1. The summed E-state index contributed by atoms with van der Waals surface area (Å²) in [4.78, 5) is 13.3. The maximum absolute atomic E-state index is 13.0. The molecule has 0 aliphatic heterocycles. The molecule has 0 aliphatic carbocycles. The number of ether oxygens (including phenoxy) is 1. The number of likely N-dealkylation sites (N-methyl/N-ethyl adjacent to an activating group) is 1. The number of oxime groups is 1. The number of amides is 1. The van der Waals surface area contributed by atoms with Crippen molar-refractivity contribution in [3.05, 3.63) is 35.6 Å². The Morgan fingerprint density at radius 1 is 1.38 bits per heavy atom. The summed E-state index contributed by atoms with van der Waals surface area (Å²) in [6, 6.07) is 4.52. The summed E-state index contributed by atoms with van der Waals surface area (Å²) in [5.74, 6) is -0.619. The van der Waals surface area contributed by atoms with Gasteiger partial charge in [0, 0.05) is 7.05 Å². The minimum atomic E-state index is -0.856. The number of hydrogen-bond acceptors (Lipinski definition) is 4. The third kappa shape index (κ3) is 4.62. The summed E-state index contributed by atoms with van der Waals surface area (Å²) < 4.78 is 18.2. The van der Waals surface area contributed by atoms with E-state index in [9.17, 15) is 9.18 Å². The van der Waals surface area contributed by atoms with E-state index in [1.165, 1.54) is 36.2 Å². The molecule has 0 radical (unpaired) electrons. The average Bonchev–Trinajstić information content (AvgIpc) is 2.38. The molecule has 7 heteroatoms. The van der Waals surface area contributed by atoms with Gasteiger partial charge in [0.15, 0.2) is 5.84 Å². The zero-order valence-electron chi connectivity index (χ0n) is 12.5. The number of amidine groups is 1. The molecule has 1 atom stereocenters. The number of carbonyl (C=O) groups is 1. The molecule has 21 heavy (non-hydrogen) atoms. The second kappa shape index (κ2) is 6.43. The van der Waals surface area contributed by atoms with E-state index in [0.717, 1.165) is 0 Å². The molecule has 0 saturated heterocycles. The van der Waals surface area contributed by atoms with Crippen LogP contribution < -0.4 is 5.73 Å². The van der Waals surface area contributed by atoms with Gasteiger partial charge in [0.25, 0.3) is 0 Å². The van der Waals surface area contributed by atoms with Crippen molar-refractivity contribution >= 4 is 11.9 Å². The van der Waals surface area contributed by atoms with Gasteiger partial charge in [0.1, 0.15) is 17.5 Å². The lowest BCUT2D eigenvalue weighted by molar-refractivity contribution is 0.0263. The fourth-order valence-corrected chi connectivity index (χ4v) is 1.73. The highest BCUT2D eigenvalue weighted by Crippen LogP contribution is 2.22. The van der Waals surface area contributed by atoms with E-state index in [-0.39, 0.29) is 5.84 Å². The molecule has 0 spiro atoms. The SMILES string of the molecule is CN(C(=O)OC(C)(C)C)C(/C(N)=N/O)c1ccc(F)cc1. The van der Waals surface area contributed by atoms with Crippen LogP contribution in [0.1, 0.15) is 32.4 Å². The lowest BCUT2D eigenvalue weighted by Crippen LogP contribution is -2.42. The van der Waals surface area contributed by atoms with Crippen molar-refractivity contribution in [1.82, 2.24) is 4.90 Å². The number of halogens is 1. The summed E-state index contributed by atoms with van der Waals surface area (Å²) in [7, 11) is 1.46. The second-order valence-corrected chi connectivity index (χ2v) is 5.57. The number of nitrogens with zero attached hydrogens (tertiary/aromatic N) is 2. The van der Waals surface area contributed by atoms with Crippen LogP contribution in [-0.2, 0) is 4.74 Å². The molecule has 0 aliphatic rings. The zero-order valence-corrected chi connectivity index (χ0v) is 12.5. The number of hydrogen-bond donors (Lipinski definition) is 2. The highest BCUT2D eigenvalue weighted by molar-refractivity contribution is 5.89. The van der Waals surface area contributed by atoms with Crippen LogP contribution in [0.5, 0.6) is 0 Å². The van der Waals surface area contributed by atoms with Crippen molar-refractivity contribution in [2.45, 2.75) is 32.4 Å². The Labute approximate surface area is 123 Å². The van der Waals surface area contributed by atoms with Crippen LogP contribution in [0, 0.1) is 5.82 Å². The molecule has 1 unspecified atom stereocenters. The molecule has 3 N–H and O–H groups in total. The minimum absolute atomic E-state index is 0.199. The van der Waals surface area contributed by atoms with Crippen LogP contribution in [0.15, 0.2) is 29.4 Å². The van der Waals surface area contributed by atoms with Crippen molar-refractivity contribution in [3.8, 4) is 0 Å². The molecule has 1 amide bonds. The molecule has 1 aromatic carbocycles. The van der Waals surface area contributed by atoms with Gasteiger partial charge in [-0.3, -0.25) is 4.90 Å². The zero-order chi connectivity index (χ0) is 16.2. The molecule has 0 aromatic heterocycles. The summed E-state index contributed by atoms with van der Waals surface area (Å²) in [6.45, 7) is 5.19. The highest BCUT2D eigenvalue weighted by atomic mass is 19.1. The number of carbonyl (C=O) groups excluding carboxylic acids is 1. The second-order valence-electron chi connectivity index (χ2n) is 5.57. The number of rotatable bonds is 3. The van der Waals surface area contributed by atoms with Crippen molar-refractivity contribution in [2.24, 2.45) is 10.9 Å². The first-order valence-corrected chi connectivity index (χ1v) is 6.34. The maximum atomic E-state index is 13.0. The Morgan fingerprint density at radius 2 is 1.90 bits per heavy atom. The molecule has 116 valence electrons. The highest BCUT2D eigenvalue weighted by Gasteiger charge is 2.29. The Bertz CT molecular complexity index is 523. The maximum Gasteiger partial charge on any atom is 0.410 e. The Kier molecular flexibility index (Phi) is 5.12. The summed E-state index contributed by atoms with van der Waals surface area (Å²) in [5, 5.41) is 11.8. The van der Waals surface area contributed by atoms with Gasteiger partial charge in [0.05, 0.1) is 0 Å². The minimum Gasteiger partial charge on any atom is -0.444 e. The molecule has 0 fully saturated rings. The van der Waals surface area contributed by atoms with E-state index in [0.29, 0.717) is 5.56 Å². The van der Waals surface area contributed by atoms with Gasteiger partial charge in [-0.2, -0.15) is 0 Å². The van der Waals surface area contributed by atoms with Gasteiger partial charge < -0.3 is 15.7 Å². The average molecular weight is 297 g/mol. The largest absolute Gasteiger partial charge is 0.444 e. The van der Waals surface area contributed by atoms with E-state index >= 15 is 0 Å². The van der Waals surface area contributed by atoms with Crippen LogP contribution in [-0.4, -0.2) is 34.7 Å². The van der Waals surface area contributed by atoms with Gasteiger partial charge in [-0.05, 0) is 38.5 Å². The third-order valence-electron chi connectivity index (χ3n) is 2.65. The van der Waals surface area contributed by atoms with E-state index in [1.54, 1.807) is 20.8 Å². The fourth-order valence-electron chi connectivity index (χ4n) is 1.73. The molecular weight excluding hydrogens is 277 g/mol. The summed E-state index contributed by atoms with van der Waals surface area (Å²) >= 11 is 0. The van der Waals surface area contributed by atoms with Crippen LogP contribution in [0.4, 0.5) is 9.18 Å². The van der Waals surface area contributed by atoms with Crippen LogP contribution in [0.2, 0.25) is 0 Å². The van der Waals surface area contributed by atoms with Gasteiger partial charge in [-0.25, -0.2) is 9.18 Å². The topological polar surface area (TPSA) is 88.2 Å².